The van der Waals surface area contributed by atoms with E-state index in [1.165, 1.54) is 5.48 Å². The molecule has 0 saturated carbocycles. The van der Waals surface area contributed by atoms with Crippen molar-refractivity contribution >= 4 is 5.82 Å². The Bertz CT molecular complexity index is 601. The summed E-state index contributed by atoms with van der Waals surface area (Å²) in [6.45, 7) is -0.402. The molecular formula is C9H11FN6O4. The highest BCUT2D eigenvalue weighted by molar-refractivity contribution is 5.30. The summed E-state index contributed by atoms with van der Waals surface area (Å²) >= 11 is 0. The van der Waals surface area contributed by atoms with Crippen LogP contribution in [0.25, 0.3) is 10.4 Å². The van der Waals surface area contributed by atoms with Crippen LogP contribution < -0.4 is 11.2 Å². The summed E-state index contributed by atoms with van der Waals surface area (Å²) in [5, 5.41) is 21.1. The smallest absolute Gasteiger partial charge is 0.351 e. The van der Waals surface area contributed by atoms with Crippen LogP contribution in [0.15, 0.2) is 16.1 Å². The lowest BCUT2D eigenvalue weighted by atomic mass is 10.1. The quantitative estimate of drug-likeness (QED) is 0.310. The minimum Gasteiger partial charge on any atom is -0.394 e. The zero-order valence-corrected chi connectivity index (χ0v) is 10.0. The summed E-state index contributed by atoms with van der Waals surface area (Å²) < 4.78 is 19.7. The van der Waals surface area contributed by atoms with Crippen molar-refractivity contribution in [2.75, 3.05) is 12.1 Å². The highest BCUT2D eigenvalue weighted by Gasteiger charge is 2.36. The molecule has 0 bridgehead atoms. The summed E-state index contributed by atoms with van der Waals surface area (Å²) in [6, 6.07) is -0.666. The van der Waals surface area contributed by atoms with Crippen LogP contribution in [-0.2, 0) is 4.74 Å². The lowest BCUT2D eigenvalue weighted by Gasteiger charge is -2.15. The summed E-state index contributed by atoms with van der Waals surface area (Å²) in [7, 11) is 0. The zero-order valence-electron chi connectivity index (χ0n) is 10.0. The summed E-state index contributed by atoms with van der Waals surface area (Å²) in [6.07, 6.45) is -0.778. The molecule has 1 aromatic rings. The van der Waals surface area contributed by atoms with E-state index in [4.69, 9.17) is 20.6 Å². The van der Waals surface area contributed by atoms with Gasteiger partial charge in [-0.3, -0.25) is 9.77 Å². The topological polar surface area (TPSA) is 145 Å². The largest absolute Gasteiger partial charge is 0.394 e. The first kappa shape index (κ1) is 14.2. The average molecular weight is 286 g/mol. The van der Waals surface area contributed by atoms with Crippen LogP contribution in [0, 0.1) is 5.82 Å². The van der Waals surface area contributed by atoms with E-state index in [0.29, 0.717) is 0 Å². The van der Waals surface area contributed by atoms with E-state index in [9.17, 15) is 9.18 Å². The third-order valence-corrected chi connectivity index (χ3v) is 2.91. The van der Waals surface area contributed by atoms with E-state index in [1.807, 2.05) is 0 Å². The molecule has 0 aromatic carbocycles. The predicted molar refractivity (Wildman–Crippen MR) is 62.4 cm³/mol. The van der Waals surface area contributed by atoms with Gasteiger partial charge in [-0.15, -0.1) is 0 Å². The van der Waals surface area contributed by atoms with Crippen molar-refractivity contribution < 1.29 is 19.4 Å². The van der Waals surface area contributed by atoms with Crippen LogP contribution in [-0.4, -0.2) is 38.6 Å². The third kappa shape index (κ3) is 2.56. The second kappa shape index (κ2) is 5.84. The Labute approximate surface area is 111 Å². The standard InChI is InChI=1S/C9H11FN6O4/c10-4-2-16(9(18)12-8(4)14-19)7-1-5(13-15-11)6(3-17)20-7/h2,5-7,17,19H,1,3H2,(H,12,14,18)/t5-,6+,7+/m0/s1. The van der Waals surface area contributed by atoms with Crippen LogP contribution in [0.2, 0.25) is 0 Å². The molecule has 11 heteroatoms. The Kier molecular flexibility index (Phi) is 4.15. The molecule has 2 heterocycles. The Morgan fingerprint density at radius 2 is 2.50 bits per heavy atom. The second-order valence-corrected chi connectivity index (χ2v) is 4.06. The molecule has 0 amide bonds. The first-order chi connectivity index (χ1) is 9.60. The van der Waals surface area contributed by atoms with Gasteiger partial charge in [0.05, 0.1) is 24.9 Å². The lowest BCUT2D eigenvalue weighted by molar-refractivity contribution is -0.0274. The maximum absolute atomic E-state index is 13.5. The molecule has 20 heavy (non-hydrogen) atoms. The molecule has 1 aliphatic rings. The lowest BCUT2D eigenvalue weighted by Crippen LogP contribution is -2.29. The highest BCUT2D eigenvalue weighted by atomic mass is 19.1. The fourth-order valence-corrected chi connectivity index (χ4v) is 1.97. The molecule has 1 aliphatic heterocycles. The molecule has 0 aliphatic carbocycles. The predicted octanol–water partition coefficient (Wildman–Crippen LogP) is 0.142. The molecule has 0 unspecified atom stereocenters. The number of hydrogen-bond donors (Lipinski definition) is 3. The van der Waals surface area contributed by atoms with Crippen molar-refractivity contribution in [2.45, 2.75) is 24.8 Å². The van der Waals surface area contributed by atoms with Gasteiger partial charge in [0.15, 0.2) is 11.6 Å². The molecule has 108 valence electrons. The van der Waals surface area contributed by atoms with Gasteiger partial charge >= 0.3 is 5.69 Å². The number of aliphatic hydroxyl groups is 1. The number of azide groups is 1. The number of hydrogen-bond acceptors (Lipinski definition) is 7. The van der Waals surface area contributed by atoms with Gasteiger partial charge in [0, 0.05) is 11.3 Å². The molecule has 2 rings (SSSR count). The Hall–Kier alpha value is -2.20. The Morgan fingerprint density at radius 1 is 1.75 bits per heavy atom. The molecule has 1 saturated heterocycles. The van der Waals surface area contributed by atoms with Crippen LogP contribution >= 0.6 is 0 Å². The van der Waals surface area contributed by atoms with E-state index in [0.717, 1.165) is 10.8 Å². The molecule has 1 fully saturated rings. The number of nitrogens with one attached hydrogen (secondary N) is 1. The second-order valence-electron chi connectivity index (χ2n) is 4.06. The summed E-state index contributed by atoms with van der Waals surface area (Å²) in [5.41, 5.74) is 9.01. The van der Waals surface area contributed by atoms with E-state index < -0.39 is 42.3 Å². The van der Waals surface area contributed by atoms with Gasteiger partial charge in [0.2, 0.25) is 0 Å². The molecule has 3 atom stereocenters. The van der Waals surface area contributed by atoms with Crippen LogP contribution in [0.4, 0.5) is 10.2 Å². The SMILES string of the molecule is [N-]=[N+]=N[C@H]1C[C@H](n2cc(F)c(NO)nc2=O)O[C@@H]1CO. The number of ether oxygens (including phenoxy) is 1. The maximum Gasteiger partial charge on any atom is 0.351 e. The summed E-state index contributed by atoms with van der Waals surface area (Å²) in [5.74, 6) is -1.56. The minimum atomic E-state index is -0.955. The van der Waals surface area contributed by atoms with E-state index in [-0.39, 0.29) is 6.42 Å². The van der Waals surface area contributed by atoms with Crippen molar-refractivity contribution in [3.63, 3.8) is 0 Å². The minimum absolute atomic E-state index is 0.0994. The molecule has 3 N–H and O–H groups in total. The number of halogens is 1. The first-order valence-corrected chi connectivity index (χ1v) is 5.60. The van der Waals surface area contributed by atoms with Crippen LogP contribution in [0.1, 0.15) is 12.6 Å². The van der Waals surface area contributed by atoms with E-state index in [2.05, 4.69) is 15.0 Å². The first-order valence-electron chi connectivity index (χ1n) is 5.60. The molecular weight excluding hydrogens is 275 g/mol. The summed E-state index contributed by atoms with van der Waals surface area (Å²) in [4.78, 5) is 17.6. The molecule has 0 spiro atoms. The molecule has 1 aromatic heterocycles. The van der Waals surface area contributed by atoms with E-state index >= 15 is 0 Å². The highest BCUT2D eigenvalue weighted by Crippen LogP contribution is 2.30. The van der Waals surface area contributed by atoms with Crippen LogP contribution in [0.3, 0.4) is 0 Å². The fourth-order valence-electron chi connectivity index (χ4n) is 1.97. The maximum atomic E-state index is 13.5. The van der Waals surface area contributed by atoms with Gasteiger partial charge in [-0.2, -0.15) is 4.98 Å². The van der Waals surface area contributed by atoms with Crippen molar-refractivity contribution in [2.24, 2.45) is 5.11 Å². The normalized spacial score (nSPS) is 25.2. The number of aliphatic hydroxyl groups excluding tert-OH is 1. The van der Waals surface area contributed by atoms with Gasteiger partial charge in [-0.25, -0.2) is 14.7 Å². The number of rotatable bonds is 4. The van der Waals surface area contributed by atoms with Gasteiger partial charge in [-0.05, 0) is 5.53 Å². The van der Waals surface area contributed by atoms with Gasteiger partial charge < -0.3 is 9.84 Å². The van der Waals surface area contributed by atoms with E-state index in [1.54, 1.807) is 0 Å². The Balaban J connectivity index is 2.31. The monoisotopic (exact) mass is 286 g/mol. The molecule has 0 radical (unpaired) electrons. The van der Waals surface area contributed by atoms with Gasteiger partial charge in [0.25, 0.3) is 0 Å². The number of anilines is 1. The van der Waals surface area contributed by atoms with Crippen molar-refractivity contribution in [1.82, 2.24) is 9.55 Å². The third-order valence-electron chi connectivity index (χ3n) is 2.91. The van der Waals surface area contributed by atoms with Crippen molar-refractivity contribution in [1.29, 1.82) is 0 Å². The van der Waals surface area contributed by atoms with Gasteiger partial charge in [-0.1, -0.05) is 5.11 Å². The zero-order chi connectivity index (χ0) is 14.7. The van der Waals surface area contributed by atoms with Crippen LogP contribution in [0.5, 0.6) is 0 Å². The number of nitrogens with zero attached hydrogens (tertiary/aromatic N) is 5. The number of aromatic nitrogens is 2. The molecule has 10 nitrogen and oxygen atoms in total. The van der Waals surface area contributed by atoms with Gasteiger partial charge in [0.1, 0.15) is 6.23 Å². The van der Waals surface area contributed by atoms with Crippen molar-refractivity contribution in [3.05, 3.63) is 32.9 Å². The Morgan fingerprint density at radius 3 is 3.10 bits per heavy atom. The van der Waals surface area contributed by atoms with Crippen molar-refractivity contribution in [3.8, 4) is 0 Å². The fraction of sp³-hybridized carbons (Fsp3) is 0.556. The average Bonchev–Trinajstić information content (AvgIpc) is 2.84.